The van der Waals surface area contributed by atoms with E-state index < -0.39 is 0 Å². The van der Waals surface area contributed by atoms with Crippen LogP contribution < -0.4 is 0 Å². The fourth-order valence-electron chi connectivity index (χ4n) is 4.19. The molecule has 1 fully saturated rings. The molecule has 0 atom stereocenters. The SMILES string of the molecule is O=C(c1ccco1)N1CCN(C(=O)c2nn(Cc3ccc(F)cc3)c3c2COCC3)CC1. The maximum atomic E-state index is 13.3. The maximum absolute atomic E-state index is 13.3. The van der Waals surface area contributed by atoms with Crippen molar-refractivity contribution in [1.82, 2.24) is 19.6 Å². The molecule has 1 aromatic carbocycles. The predicted molar refractivity (Wildman–Crippen MR) is 112 cm³/mol. The highest BCUT2D eigenvalue weighted by molar-refractivity contribution is 5.95. The lowest BCUT2D eigenvalue weighted by Gasteiger charge is -2.34. The summed E-state index contributed by atoms with van der Waals surface area (Å²) in [4.78, 5) is 29.2. The van der Waals surface area contributed by atoms with Crippen molar-refractivity contribution in [2.24, 2.45) is 0 Å². The summed E-state index contributed by atoms with van der Waals surface area (Å²) >= 11 is 0. The van der Waals surface area contributed by atoms with Crippen molar-refractivity contribution in [2.45, 2.75) is 19.6 Å². The standard InChI is InChI=1S/C23H23FN4O4/c24-17-5-3-16(4-6-17)14-28-19-7-13-31-15-18(19)21(25-28)23(30)27-10-8-26(9-11-27)22(29)20-2-1-12-32-20/h1-6,12H,7-11,13-15H2. The number of fused-ring (bicyclic) bond motifs is 1. The molecule has 4 heterocycles. The van der Waals surface area contributed by atoms with Crippen LogP contribution >= 0.6 is 0 Å². The molecule has 0 unspecified atom stereocenters. The van der Waals surface area contributed by atoms with Crippen molar-refractivity contribution in [3.63, 3.8) is 0 Å². The first kappa shape index (κ1) is 20.4. The summed E-state index contributed by atoms with van der Waals surface area (Å²) in [5.41, 5.74) is 3.10. The third-order valence-corrected chi connectivity index (χ3v) is 5.93. The minimum Gasteiger partial charge on any atom is -0.459 e. The molecule has 1 saturated heterocycles. The molecule has 2 amide bonds. The Morgan fingerprint density at radius 2 is 1.72 bits per heavy atom. The molecule has 0 bridgehead atoms. The van der Waals surface area contributed by atoms with Gasteiger partial charge < -0.3 is 19.0 Å². The molecule has 166 valence electrons. The van der Waals surface area contributed by atoms with E-state index in [1.807, 2.05) is 4.68 Å². The van der Waals surface area contributed by atoms with Crippen molar-refractivity contribution in [3.8, 4) is 0 Å². The average Bonchev–Trinajstić information content (AvgIpc) is 3.49. The number of piperazine rings is 1. The molecule has 5 rings (SSSR count). The lowest BCUT2D eigenvalue weighted by molar-refractivity contribution is 0.0511. The van der Waals surface area contributed by atoms with E-state index in [4.69, 9.17) is 9.15 Å². The summed E-state index contributed by atoms with van der Waals surface area (Å²) in [6.07, 6.45) is 2.14. The summed E-state index contributed by atoms with van der Waals surface area (Å²) in [5.74, 6) is -0.313. The predicted octanol–water partition coefficient (Wildman–Crippen LogP) is 2.33. The monoisotopic (exact) mass is 438 g/mol. The molecule has 0 spiro atoms. The van der Waals surface area contributed by atoms with Gasteiger partial charge in [0.05, 0.1) is 26.0 Å². The number of ether oxygens (including phenoxy) is 1. The molecule has 0 N–H and O–H groups in total. The van der Waals surface area contributed by atoms with Crippen molar-refractivity contribution >= 4 is 11.8 Å². The van der Waals surface area contributed by atoms with E-state index >= 15 is 0 Å². The van der Waals surface area contributed by atoms with Crippen LogP contribution in [0.5, 0.6) is 0 Å². The number of nitrogens with zero attached hydrogens (tertiary/aromatic N) is 4. The number of halogens is 1. The van der Waals surface area contributed by atoms with Gasteiger partial charge in [0.15, 0.2) is 11.5 Å². The molecule has 2 aliphatic heterocycles. The van der Waals surface area contributed by atoms with E-state index in [1.165, 1.54) is 18.4 Å². The average molecular weight is 438 g/mol. The maximum Gasteiger partial charge on any atom is 0.289 e. The summed E-state index contributed by atoms with van der Waals surface area (Å²) in [6, 6.07) is 9.60. The number of aromatic nitrogens is 2. The number of benzene rings is 1. The number of carbonyl (C=O) groups is 2. The van der Waals surface area contributed by atoms with Gasteiger partial charge in [-0.25, -0.2) is 4.39 Å². The number of hydrogen-bond donors (Lipinski definition) is 0. The van der Waals surface area contributed by atoms with Crippen LogP contribution in [0, 0.1) is 5.82 Å². The van der Waals surface area contributed by atoms with Gasteiger partial charge >= 0.3 is 0 Å². The fourth-order valence-corrected chi connectivity index (χ4v) is 4.19. The molecule has 32 heavy (non-hydrogen) atoms. The second-order valence-corrected chi connectivity index (χ2v) is 7.92. The van der Waals surface area contributed by atoms with Crippen molar-refractivity contribution in [3.05, 3.63) is 76.8 Å². The van der Waals surface area contributed by atoms with Gasteiger partial charge in [0.2, 0.25) is 0 Å². The van der Waals surface area contributed by atoms with Crippen LogP contribution in [0.2, 0.25) is 0 Å². The highest BCUT2D eigenvalue weighted by atomic mass is 19.1. The highest BCUT2D eigenvalue weighted by Gasteiger charge is 2.31. The van der Waals surface area contributed by atoms with E-state index in [-0.39, 0.29) is 17.6 Å². The van der Waals surface area contributed by atoms with Gasteiger partial charge in [-0.15, -0.1) is 0 Å². The smallest absolute Gasteiger partial charge is 0.289 e. The summed E-state index contributed by atoms with van der Waals surface area (Å²) in [7, 11) is 0. The molecular formula is C23H23FN4O4. The Morgan fingerprint density at radius 3 is 2.41 bits per heavy atom. The first-order valence-electron chi connectivity index (χ1n) is 10.6. The molecule has 2 aliphatic rings. The van der Waals surface area contributed by atoms with Crippen LogP contribution in [0.15, 0.2) is 47.1 Å². The van der Waals surface area contributed by atoms with E-state index in [0.29, 0.717) is 63.8 Å². The van der Waals surface area contributed by atoms with Crippen molar-refractivity contribution in [1.29, 1.82) is 0 Å². The molecule has 9 heteroatoms. The Balaban J connectivity index is 1.32. The first-order valence-corrected chi connectivity index (χ1v) is 10.6. The van der Waals surface area contributed by atoms with Crippen LogP contribution in [-0.4, -0.2) is 64.2 Å². The Labute approximate surface area is 184 Å². The third kappa shape index (κ3) is 3.91. The van der Waals surface area contributed by atoms with Gasteiger partial charge in [0.25, 0.3) is 11.8 Å². The van der Waals surface area contributed by atoms with Gasteiger partial charge in [0, 0.05) is 43.9 Å². The zero-order valence-corrected chi connectivity index (χ0v) is 17.5. The van der Waals surface area contributed by atoms with Crippen molar-refractivity contribution in [2.75, 3.05) is 32.8 Å². The number of furan rings is 1. The van der Waals surface area contributed by atoms with Gasteiger partial charge in [-0.05, 0) is 29.8 Å². The van der Waals surface area contributed by atoms with Crippen LogP contribution in [0.3, 0.4) is 0 Å². The summed E-state index contributed by atoms with van der Waals surface area (Å²) in [6.45, 7) is 3.08. The number of amides is 2. The summed E-state index contributed by atoms with van der Waals surface area (Å²) in [5, 5.41) is 4.64. The van der Waals surface area contributed by atoms with Gasteiger partial charge in [-0.2, -0.15) is 5.10 Å². The lowest BCUT2D eigenvalue weighted by Crippen LogP contribution is -2.50. The molecule has 0 saturated carbocycles. The number of hydrogen-bond acceptors (Lipinski definition) is 5. The van der Waals surface area contributed by atoms with Gasteiger partial charge in [-0.3, -0.25) is 14.3 Å². The third-order valence-electron chi connectivity index (χ3n) is 5.93. The van der Waals surface area contributed by atoms with Gasteiger partial charge in [0.1, 0.15) is 5.82 Å². The Morgan fingerprint density at radius 1 is 1.00 bits per heavy atom. The minimum absolute atomic E-state index is 0.158. The zero-order valence-electron chi connectivity index (χ0n) is 17.5. The van der Waals surface area contributed by atoms with Crippen molar-refractivity contribution < 1.29 is 23.1 Å². The summed E-state index contributed by atoms with van der Waals surface area (Å²) < 4.78 is 25.9. The largest absolute Gasteiger partial charge is 0.459 e. The van der Waals surface area contributed by atoms with Crippen LogP contribution in [0.4, 0.5) is 4.39 Å². The van der Waals surface area contributed by atoms with Crippen LogP contribution in [-0.2, 0) is 24.3 Å². The minimum atomic E-state index is -0.287. The first-order chi connectivity index (χ1) is 15.6. The van der Waals surface area contributed by atoms with E-state index in [0.717, 1.165) is 16.8 Å². The highest BCUT2D eigenvalue weighted by Crippen LogP contribution is 2.24. The molecular weight excluding hydrogens is 415 g/mol. The molecule has 8 nitrogen and oxygen atoms in total. The van der Waals surface area contributed by atoms with Gasteiger partial charge in [-0.1, -0.05) is 12.1 Å². The molecule has 2 aromatic heterocycles. The van der Waals surface area contributed by atoms with E-state index in [1.54, 1.807) is 34.1 Å². The van der Waals surface area contributed by atoms with E-state index in [2.05, 4.69) is 5.10 Å². The molecule has 3 aromatic rings. The van der Waals surface area contributed by atoms with E-state index in [9.17, 15) is 14.0 Å². The fraction of sp³-hybridized carbons (Fsp3) is 0.348. The number of rotatable bonds is 4. The Hall–Kier alpha value is -3.46. The second-order valence-electron chi connectivity index (χ2n) is 7.92. The second kappa shape index (κ2) is 8.58. The number of carbonyl (C=O) groups excluding carboxylic acids is 2. The normalized spacial score (nSPS) is 16.2. The van der Waals surface area contributed by atoms with Crippen LogP contribution in [0.1, 0.15) is 37.9 Å². The topological polar surface area (TPSA) is 80.8 Å². The Bertz CT molecular complexity index is 1120. The molecule has 0 aliphatic carbocycles. The zero-order chi connectivity index (χ0) is 22.1. The van der Waals surface area contributed by atoms with Crippen LogP contribution in [0.25, 0.3) is 0 Å². The quantitative estimate of drug-likeness (QED) is 0.625. The molecule has 0 radical (unpaired) electrons. The Kier molecular flexibility index (Phi) is 5.48. The lowest BCUT2D eigenvalue weighted by atomic mass is 10.1.